The molecule has 0 unspecified atom stereocenters. The molecule has 0 aromatic rings. The van der Waals surface area contributed by atoms with Crippen molar-refractivity contribution in [3.8, 4) is 0 Å². The fourth-order valence-corrected chi connectivity index (χ4v) is 8.67. The predicted molar refractivity (Wildman–Crippen MR) is 75.4 cm³/mol. The van der Waals surface area contributed by atoms with Gasteiger partial charge in [-0.25, -0.2) is 0 Å². The quantitative estimate of drug-likeness (QED) is 0.324. The summed E-state index contributed by atoms with van der Waals surface area (Å²) in [7, 11) is 12.9. The Kier molecular flexibility index (Phi) is 11.5. The van der Waals surface area contributed by atoms with Crippen molar-refractivity contribution in [2.75, 3.05) is 0 Å². The zero-order chi connectivity index (χ0) is 11.6. The summed E-state index contributed by atoms with van der Waals surface area (Å²) in [5.74, 6) is 0. The van der Waals surface area contributed by atoms with Crippen LogP contribution in [0.5, 0.6) is 0 Å². The van der Waals surface area contributed by atoms with E-state index < -0.39 is 15.9 Å². The van der Waals surface area contributed by atoms with Crippen molar-refractivity contribution in [2.45, 2.75) is 74.2 Å². The Morgan fingerprint density at radius 1 is 0.667 bits per heavy atom. The molecule has 0 aliphatic heterocycles. The molecule has 0 aliphatic carbocycles. The summed E-state index contributed by atoms with van der Waals surface area (Å²) in [4.78, 5) is 0. The molecule has 0 fully saturated rings. The molecule has 94 valence electrons. The van der Waals surface area contributed by atoms with Gasteiger partial charge in [-0.1, -0.05) is 0 Å². The van der Waals surface area contributed by atoms with Crippen molar-refractivity contribution >= 4 is 33.9 Å². The molecule has 0 bridgehead atoms. The van der Waals surface area contributed by atoms with Crippen molar-refractivity contribution in [1.29, 1.82) is 0 Å². The second kappa shape index (κ2) is 10.5. The molecule has 0 atom stereocenters. The Balaban J connectivity index is 3.40. The molecule has 0 saturated heterocycles. The first-order chi connectivity index (χ1) is 7.12. The van der Waals surface area contributed by atoms with Crippen LogP contribution < -0.4 is 0 Å². The molecule has 0 spiro atoms. The van der Waals surface area contributed by atoms with E-state index in [1.54, 1.807) is 0 Å². The van der Waals surface area contributed by atoms with Gasteiger partial charge in [0.25, 0.3) is 0 Å². The Bertz CT molecular complexity index is 124. The van der Waals surface area contributed by atoms with Crippen LogP contribution in [-0.4, -0.2) is 15.9 Å². The van der Waals surface area contributed by atoms with Gasteiger partial charge in [0.1, 0.15) is 0 Å². The number of halogens is 2. The molecule has 3 heteroatoms. The molecular formula is C12H26Cl2Te. The minimum atomic E-state index is -2.37. The monoisotopic (exact) mass is 370 g/mol. The SMILES string of the molecule is CCCCCC[Te](Cl)(Cl)CCCCCC. The van der Waals surface area contributed by atoms with E-state index in [0.29, 0.717) is 0 Å². The van der Waals surface area contributed by atoms with E-state index in [4.69, 9.17) is 17.9 Å². The molecule has 0 radical (unpaired) electrons. The van der Waals surface area contributed by atoms with Crippen LogP contribution in [-0.2, 0) is 0 Å². The standard InChI is InChI=1S/C12H26Cl2Te/c1-3-5-7-9-11-15(13,14)12-10-8-6-4-2/h3-12H2,1-2H3. The fraction of sp³-hybridized carbons (Fsp3) is 1.00. The van der Waals surface area contributed by atoms with E-state index in [0.717, 1.165) is 8.94 Å². The zero-order valence-corrected chi connectivity index (χ0v) is 14.1. The molecule has 0 nitrogen and oxygen atoms in total. The third-order valence-corrected chi connectivity index (χ3v) is 11.8. The van der Waals surface area contributed by atoms with Gasteiger partial charge >= 0.3 is 108 Å². The van der Waals surface area contributed by atoms with Crippen LogP contribution in [0.25, 0.3) is 0 Å². The average Bonchev–Trinajstić information content (AvgIpc) is 2.20. The average molecular weight is 369 g/mol. The summed E-state index contributed by atoms with van der Waals surface area (Å²) >= 11 is -2.37. The Hall–Kier alpha value is 1.37. The molecule has 0 aromatic heterocycles. The van der Waals surface area contributed by atoms with Crippen LogP contribution in [0.15, 0.2) is 0 Å². The summed E-state index contributed by atoms with van der Waals surface area (Å²) in [6.45, 7) is 4.47. The van der Waals surface area contributed by atoms with E-state index in [1.807, 2.05) is 0 Å². The van der Waals surface area contributed by atoms with Crippen molar-refractivity contribution in [1.82, 2.24) is 0 Å². The first-order valence-corrected chi connectivity index (χ1v) is 15.5. The summed E-state index contributed by atoms with van der Waals surface area (Å²) in [5, 5.41) is 0. The molecule has 0 aliphatic rings. The molecule has 0 rings (SSSR count). The molecule has 0 N–H and O–H groups in total. The van der Waals surface area contributed by atoms with E-state index in [9.17, 15) is 0 Å². The summed E-state index contributed by atoms with van der Waals surface area (Å²) in [6, 6.07) is 0. The van der Waals surface area contributed by atoms with Crippen molar-refractivity contribution in [2.24, 2.45) is 0 Å². The van der Waals surface area contributed by atoms with Gasteiger partial charge in [-0.3, -0.25) is 0 Å². The Morgan fingerprint density at radius 3 is 1.40 bits per heavy atom. The second-order valence-electron chi connectivity index (χ2n) is 4.23. The maximum absolute atomic E-state index is 6.45. The molecule has 0 amide bonds. The van der Waals surface area contributed by atoms with Gasteiger partial charge in [-0.2, -0.15) is 0 Å². The van der Waals surface area contributed by atoms with Gasteiger partial charge in [-0.15, -0.1) is 0 Å². The molecule has 0 aromatic carbocycles. The Labute approximate surface area is 107 Å². The van der Waals surface area contributed by atoms with Crippen LogP contribution in [0.3, 0.4) is 0 Å². The maximum atomic E-state index is 6.45. The van der Waals surface area contributed by atoms with Crippen LogP contribution in [0.2, 0.25) is 8.94 Å². The topological polar surface area (TPSA) is 0 Å². The summed E-state index contributed by atoms with van der Waals surface area (Å²) in [6.07, 6.45) is 10.4. The van der Waals surface area contributed by atoms with Crippen molar-refractivity contribution in [3.63, 3.8) is 0 Å². The van der Waals surface area contributed by atoms with Gasteiger partial charge in [0.05, 0.1) is 0 Å². The first kappa shape index (κ1) is 16.4. The predicted octanol–water partition coefficient (Wildman–Crippen LogP) is 6.07. The molecule has 0 heterocycles. The normalized spacial score (nSPS) is 13.1. The Morgan fingerprint density at radius 2 is 1.07 bits per heavy atom. The third-order valence-electron chi connectivity index (χ3n) is 2.59. The number of unbranched alkanes of at least 4 members (excludes halogenated alkanes) is 6. The van der Waals surface area contributed by atoms with Gasteiger partial charge in [0.15, 0.2) is 0 Å². The van der Waals surface area contributed by atoms with Crippen LogP contribution in [0, 0.1) is 0 Å². The van der Waals surface area contributed by atoms with Gasteiger partial charge < -0.3 is 0 Å². The molecule has 0 saturated carbocycles. The molecular weight excluding hydrogens is 343 g/mol. The van der Waals surface area contributed by atoms with E-state index in [2.05, 4.69) is 13.8 Å². The van der Waals surface area contributed by atoms with Crippen LogP contribution in [0.4, 0.5) is 0 Å². The third kappa shape index (κ3) is 11.6. The van der Waals surface area contributed by atoms with E-state index in [-0.39, 0.29) is 0 Å². The summed E-state index contributed by atoms with van der Waals surface area (Å²) < 4.78 is 2.30. The van der Waals surface area contributed by atoms with E-state index in [1.165, 1.54) is 51.4 Å². The zero-order valence-electron chi connectivity index (χ0n) is 10.2. The fourth-order valence-electron chi connectivity index (χ4n) is 1.58. The number of rotatable bonds is 10. The van der Waals surface area contributed by atoms with Crippen molar-refractivity contribution < 1.29 is 0 Å². The molecule has 15 heavy (non-hydrogen) atoms. The van der Waals surface area contributed by atoms with Gasteiger partial charge in [0.2, 0.25) is 0 Å². The minimum absolute atomic E-state index is 1.15. The van der Waals surface area contributed by atoms with Gasteiger partial charge in [-0.05, 0) is 0 Å². The van der Waals surface area contributed by atoms with E-state index >= 15 is 0 Å². The van der Waals surface area contributed by atoms with Crippen LogP contribution in [0.1, 0.15) is 65.2 Å². The number of hydrogen-bond donors (Lipinski definition) is 0. The second-order valence-corrected chi connectivity index (χ2v) is 19.5. The first-order valence-electron chi connectivity index (χ1n) is 6.30. The van der Waals surface area contributed by atoms with Gasteiger partial charge in [0, 0.05) is 0 Å². The van der Waals surface area contributed by atoms with Crippen molar-refractivity contribution in [3.05, 3.63) is 0 Å². The number of hydrogen-bond acceptors (Lipinski definition) is 0. The van der Waals surface area contributed by atoms with Crippen LogP contribution >= 0.6 is 17.9 Å². The summed E-state index contributed by atoms with van der Waals surface area (Å²) in [5.41, 5.74) is 0.